The van der Waals surface area contributed by atoms with Crippen LogP contribution in [0.4, 0.5) is 0 Å². The van der Waals surface area contributed by atoms with Crippen LogP contribution in [0.25, 0.3) is 0 Å². The van der Waals surface area contributed by atoms with Crippen LogP contribution in [0, 0.1) is 0 Å². The van der Waals surface area contributed by atoms with Gasteiger partial charge in [-0.05, 0) is 12.8 Å². The molecule has 0 fully saturated rings. The van der Waals surface area contributed by atoms with Crippen LogP contribution in [-0.4, -0.2) is 11.2 Å². The highest BCUT2D eigenvalue weighted by molar-refractivity contribution is 4.95. The smallest absolute Gasteiger partial charge is 0.0723 e. The van der Waals surface area contributed by atoms with Crippen molar-refractivity contribution in [2.75, 3.05) is 0 Å². The molecule has 1 atom stereocenters. The maximum Gasteiger partial charge on any atom is 0.0723 e. The second kappa shape index (κ2) is 1.43. The number of hydrogen-bond acceptors (Lipinski definition) is 1. The third-order valence-corrected chi connectivity index (χ3v) is 0.987. The van der Waals surface area contributed by atoms with Gasteiger partial charge in [0, 0.05) is 0 Å². The first kappa shape index (κ1) is 3.88. The minimum Gasteiger partial charge on any atom is -0.389 e. The molecule has 34 valence electrons. The second-order valence-electron chi connectivity index (χ2n) is 1.57. The summed E-state index contributed by atoms with van der Waals surface area (Å²) in [5, 5.41) is 8.64. The van der Waals surface area contributed by atoms with Gasteiger partial charge in [0.15, 0.2) is 0 Å². The molecule has 1 heteroatoms. The van der Waals surface area contributed by atoms with Crippen molar-refractivity contribution in [2.45, 2.75) is 18.9 Å². The molecule has 0 radical (unpaired) electrons. The van der Waals surface area contributed by atoms with Crippen LogP contribution in [0.3, 0.4) is 0 Å². The van der Waals surface area contributed by atoms with Gasteiger partial charge in [-0.2, -0.15) is 0 Å². The summed E-state index contributed by atoms with van der Waals surface area (Å²) < 4.78 is 0. The van der Waals surface area contributed by atoms with Crippen molar-refractivity contribution in [3.8, 4) is 0 Å². The average molecular weight is 84.1 g/mol. The summed E-state index contributed by atoms with van der Waals surface area (Å²) in [6, 6.07) is 0. The molecule has 0 spiro atoms. The van der Waals surface area contributed by atoms with Crippen molar-refractivity contribution in [1.29, 1.82) is 0 Å². The zero-order valence-electron chi connectivity index (χ0n) is 3.59. The maximum atomic E-state index is 8.64. The predicted molar refractivity (Wildman–Crippen MR) is 24.4 cm³/mol. The standard InChI is InChI=1S/C5H8O/c6-5-3-1-2-4-5/h1,3,5-6H,2,4H2/t5-/m1/s1. The summed E-state index contributed by atoms with van der Waals surface area (Å²) in [6.45, 7) is 0. The van der Waals surface area contributed by atoms with Crippen LogP contribution in [0.5, 0.6) is 0 Å². The van der Waals surface area contributed by atoms with Crippen LogP contribution >= 0.6 is 0 Å². The van der Waals surface area contributed by atoms with Crippen LogP contribution in [-0.2, 0) is 0 Å². The molecule has 1 nitrogen and oxygen atoms in total. The number of hydrogen-bond donors (Lipinski definition) is 1. The Labute approximate surface area is 37.3 Å². The minimum atomic E-state index is -0.134. The fraction of sp³-hybridized carbons (Fsp3) is 0.600. The van der Waals surface area contributed by atoms with Gasteiger partial charge in [-0.15, -0.1) is 0 Å². The molecule has 1 N–H and O–H groups in total. The van der Waals surface area contributed by atoms with E-state index in [1.807, 2.05) is 12.2 Å². The molecule has 0 saturated carbocycles. The molecule has 0 bridgehead atoms. The van der Waals surface area contributed by atoms with Gasteiger partial charge in [0.2, 0.25) is 0 Å². The van der Waals surface area contributed by atoms with Gasteiger partial charge in [-0.3, -0.25) is 0 Å². The molecule has 0 unspecified atom stereocenters. The zero-order chi connectivity index (χ0) is 4.41. The Morgan fingerprint density at radius 2 is 2.50 bits per heavy atom. The minimum absolute atomic E-state index is 0.134. The monoisotopic (exact) mass is 84.1 g/mol. The second-order valence-corrected chi connectivity index (χ2v) is 1.57. The average Bonchev–Trinajstić information content (AvgIpc) is 1.86. The first-order valence-corrected chi connectivity index (χ1v) is 2.24. The lowest BCUT2D eigenvalue weighted by Crippen LogP contribution is -1.93. The lowest BCUT2D eigenvalue weighted by Gasteiger charge is -1.89. The largest absolute Gasteiger partial charge is 0.389 e. The summed E-state index contributed by atoms with van der Waals surface area (Å²) >= 11 is 0. The van der Waals surface area contributed by atoms with Gasteiger partial charge >= 0.3 is 0 Å². The van der Waals surface area contributed by atoms with Crippen LogP contribution in [0.15, 0.2) is 12.2 Å². The summed E-state index contributed by atoms with van der Waals surface area (Å²) in [6.07, 6.45) is 5.69. The first-order chi connectivity index (χ1) is 2.89. The Morgan fingerprint density at radius 3 is 2.67 bits per heavy atom. The number of rotatable bonds is 0. The van der Waals surface area contributed by atoms with E-state index in [0.717, 1.165) is 12.8 Å². The lowest BCUT2D eigenvalue weighted by molar-refractivity contribution is 0.223. The maximum absolute atomic E-state index is 8.64. The van der Waals surface area contributed by atoms with E-state index in [2.05, 4.69) is 0 Å². The Kier molecular flexibility index (Phi) is 0.926. The number of allylic oxidation sites excluding steroid dienone is 1. The number of aliphatic hydroxyl groups excluding tert-OH is 1. The molecule has 1 aliphatic carbocycles. The van der Waals surface area contributed by atoms with Crippen molar-refractivity contribution in [3.63, 3.8) is 0 Å². The van der Waals surface area contributed by atoms with E-state index in [1.54, 1.807) is 0 Å². The molecule has 0 aromatic rings. The Bertz CT molecular complexity index is 66.3. The molecule has 0 saturated heterocycles. The van der Waals surface area contributed by atoms with E-state index in [4.69, 9.17) is 5.11 Å². The summed E-state index contributed by atoms with van der Waals surface area (Å²) in [5.41, 5.74) is 0. The van der Waals surface area contributed by atoms with Gasteiger partial charge in [-0.1, -0.05) is 12.2 Å². The molecule has 1 aliphatic rings. The molecule has 6 heavy (non-hydrogen) atoms. The topological polar surface area (TPSA) is 20.2 Å². The summed E-state index contributed by atoms with van der Waals surface area (Å²) in [4.78, 5) is 0. The van der Waals surface area contributed by atoms with Crippen LogP contribution in [0.2, 0.25) is 0 Å². The van der Waals surface area contributed by atoms with Crippen molar-refractivity contribution in [1.82, 2.24) is 0 Å². The molecule has 0 amide bonds. The fourth-order valence-corrected chi connectivity index (χ4v) is 0.617. The van der Waals surface area contributed by atoms with Crippen LogP contribution in [0.1, 0.15) is 12.8 Å². The lowest BCUT2D eigenvalue weighted by atomic mass is 10.3. The predicted octanol–water partition coefficient (Wildman–Crippen LogP) is 0.697. The van der Waals surface area contributed by atoms with E-state index >= 15 is 0 Å². The molecular formula is C5H8O. The van der Waals surface area contributed by atoms with E-state index in [-0.39, 0.29) is 6.10 Å². The van der Waals surface area contributed by atoms with Crippen molar-refractivity contribution < 1.29 is 5.11 Å². The Hall–Kier alpha value is -0.300. The Balaban J connectivity index is 2.38. The SMILES string of the molecule is O[C@@H]1C=CCC1. The van der Waals surface area contributed by atoms with Crippen molar-refractivity contribution in [2.24, 2.45) is 0 Å². The van der Waals surface area contributed by atoms with Gasteiger partial charge < -0.3 is 5.11 Å². The first-order valence-electron chi connectivity index (χ1n) is 2.24. The molecule has 0 aromatic heterocycles. The highest BCUT2D eigenvalue weighted by Gasteiger charge is 2.00. The van der Waals surface area contributed by atoms with Gasteiger partial charge in [0.25, 0.3) is 0 Å². The quantitative estimate of drug-likeness (QED) is 0.428. The highest BCUT2D eigenvalue weighted by atomic mass is 16.3. The fourth-order valence-electron chi connectivity index (χ4n) is 0.617. The zero-order valence-corrected chi connectivity index (χ0v) is 3.59. The van der Waals surface area contributed by atoms with Gasteiger partial charge in [0.1, 0.15) is 0 Å². The summed E-state index contributed by atoms with van der Waals surface area (Å²) in [7, 11) is 0. The van der Waals surface area contributed by atoms with E-state index in [1.165, 1.54) is 0 Å². The highest BCUT2D eigenvalue weighted by Crippen LogP contribution is 2.06. The number of aliphatic hydroxyl groups is 1. The van der Waals surface area contributed by atoms with E-state index in [9.17, 15) is 0 Å². The van der Waals surface area contributed by atoms with Crippen LogP contribution < -0.4 is 0 Å². The third-order valence-electron chi connectivity index (χ3n) is 0.987. The Morgan fingerprint density at radius 1 is 1.67 bits per heavy atom. The van der Waals surface area contributed by atoms with E-state index in [0.29, 0.717) is 0 Å². The molecule has 0 heterocycles. The van der Waals surface area contributed by atoms with Gasteiger partial charge in [-0.25, -0.2) is 0 Å². The molecule has 1 rings (SSSR count). The third kappa shape index (κ3) is 0.601. The molecule has 0 aromatic carbocycles. The van der Waals surface area contributed by atoms with Crippen molar-refractivity contribution >= 4 is 0 Å². The van der Waals surface area contributed by atoms with Crippen molar-refractivity contribution in [3.05, 3.63) is 12.2 Å². The van der Waals surface area contributed by atoms with E-state index < -0.39 is 0 Å². The molecule has 0 aliphatic heterocycles. The molecular weight excluding hydrogens is 76.1 g/mol. The summed E-state index contributed by atoms with van der Waals surface area (Å²) in [5.74, 6) is 0. The van der Waals surface area contributed by atoms with Gasteiger partial charge in [0.05, 0.1) is 6.10 Å². The normalized spacial score (nSPS) is 31.8.